The predicted octanol–water partition coefficient (Wildman–Crippen LogP) is 2.05. The van der Waals surface area contributed by atoms with Crippen LogP contribution in [0.4, 0.5) is 5.95 Å². The average molecular weight is 275 g/mol. The van der Waals surface area contributed by atoms with Crippen molar-refractivity contribution in [3.63, 3.8) is 0 Å². The fourth-order valence-electron chi connectivity index (χ4n) is 1.50. The molecule has 0 unspecified atom stereocenters. The van der Waals surface area contributed by atoms with E-state index in [4.69, 9.17) is 15.3 Å². The summed E-state index contributed by atoms with van der Waals surface area (Å²) in [6, 6.07) is 7.83. The quantitative estimate of drug-likeness (QED) is 0.636. The second-order valence-corrected chi connectivity index (χ2v) is 4.45. The van der Waals surface area contributed by atoms with Gasteiger partial charge in [0.1, 0.15) is 5.75 Å². The van der Waals surface area contributed by atoms with Crippen molar-refractivity contribution in [1.29, 1.82) is 0 Å². The summed E-state index contributed by atoms with van der Waals surface area (Å²) in [5.74, 6) is 6.13. The van der Waals surface area contributed by atoms with Crippen molar-refractivity contribution in [3.8, 4) is 17.8 Å². The molecule has 1 heterocycles. The van der Waals surface area contributed by atoms with Gasteiger partial charge in [-0.25, -0.2) is 5.84 Å². The molecule has 0 aliphatic heterocycles. The zero-order valence-corrected chi connectivity index (χ0v) is 11.6. The number of aryl methyl sites for hydroxylation is 1. The van der Waals surface area contributed by atoms with Gasteiger partial charge in [0.05, 0.1) is 6.10 Å². The number of benzene rings is 1. The first-order valence-electron chi connectivity index (χ1n) is 6.20. The molecule has 7 nitrogen and oxygen atoms in total. The van der Waals surface area contributed by atoms with Gasteiger partial charge in [0.15, 0.2) is 0 Å². The van der Waals surface area contributed by atoms with Gasteiger partial charge in [0.25, 0.3) is 0 Å². The Balaban J connectivity index is 2.26. The van der Waals surface area contributed by atoms with E-state index < -0.39 is 0 Å². The Kier molecular flexibility index (Phi) is 4.31. The molecule has 0 fully saturated rings. The normalized spacial score (nSPS) is 10.4. The van der Waals surface area contributed by atoms with Crippen LogP contribution in [0.15, 0.2) is 24.3 Å². The molecule has 1 aromatic carbocycles. The number of rotatable bonds is 5. The summed E-state index contributed by atoms with van der Waals surface area (Å²) < 4.78 is 11.0. The van der Waals surface area contributed by atoms with Gasteiger partial charge >= 0.3 is 12.0 Å². The standard InChI is InChI=1S/C13H17N5O2/c1-8(2)19-12-15-11(18-14)16-13(17-12)20-10-6-4-5-9(3)7-10/h4-8H,14H2,1-3H3,(H,15,16,17,18). The van der Waals surface area contributed by atoms with Crippen molar-refractivity contribution in [2.45, 2.75) is 26.9 Å². The van der Waals surface area contributed by atoms with E-state index in [0.717, 1.165) is 5.56 Å². The van der Waals surface area contributed by atoms with Crippen LogP contribution in [0.2, 0.25) is 0 Å². The first-order valence-corrected chi connectivity index (χ1v) is 6.20. The van der Waals surface area contributed by atoms with Gasteiger partial charge in [-0.15, -0.1) is 4.98 Å². The Morgan fingerprint density at radius 1 is 1.15 bits per heavy atom. The molecule has 7 heteroatoms. The van der Waals surface area contributed by atoms with E-state index in [0.29, 0.717) is 5.75 Å². The summed E-state index contributed by atoms with van der Waals surface area (Å²) in [5.41, 5.74) is 3.43. The summed E-state index contributed by atoms with van der Waals surface area (Å²) >= 11 is 0. The number of nitrogen functional groups attached to an aromatic ring is 1. The van der Waals surface area contributed by atoms with Crippen molar-refractivity contribution in [1.82, 2.24) is 15.0 Å². The first-order chi connectivity index (χ1) is 9.56. The summed E-state index contributed by atoms with van der Waals surface area (Å²) in [4.78, 5) is 12.1. The lowest BCUT2D eigenvalue weighted by molar-refractivity contribution is 0.218. The summed E-state index contributed by atoms with van der Waals surface area (Å²) in [6.45, 7) is 5.72. The molecule has 2 aromatic rings. The maximum Gasteiger partial charge on any atom is 0.330 e. The van der Waals surface area contributed by atoms with Gasteiger partial charge in [-0.2, -0.15) is 9.97 Å². The maximum absolute atomic E-state index is 5.59. The fraction of sp³-hybridized carbons (Fsp3) is 0.308. The van der Waals surface area contributed by atoms with E-state index >= 15 is 0 Å². The number of hydrogen-bond donors (Lipinski definition) is 2. The van der Waals surface area contributed by atoms with Crippen molar-refractivity contribution in [3.05, 3.63) is 29.8 Å². The third-order valence-corrected chi connectivity index (χ3v) is 2.26. The fourth-order valence-corrected chi connectivity index (χ4v) is 1.50. The zero-order chi connectivity index (χ0) is 14.5. The van der Waals surface area contributed by atoms with Crippen molar-refractivity contribution in [2.24, 2.45) is 5.84 Å². The SMILES string of the molecule is Cc1cccc(Oc2nc(NN)nc(OC(C)C)n2)c1. The molecule has 106 valence electrons. The lowest BCUT2D eigenvalue weighted by Crippen LogP contribution is -2.14. The highest BCUT2D eigenvalue weighted by Gasteiger charge is 2.10. The van der Waals surface area contributed by atoms with Crippen molar-refractivity contribution >= 4 is 5.95 Å². The zero-order valence-electron chi connectivity index (χ0n) is 11.6. The number of anilines is 1. The van der Waals surface area contributed by atoms with Crippen LogP contribution < -0.4 is 20.7 Å². The first kappa shape index (κ1) is 14.0. The molecule has 1 aromatic heterocycles. The van der Waals surface area contributed by atoms with Crippen LogP contribution in [-0.2, 0) is 0 Å². The third kappa shape index (κ3) is 3.79. The molecule has 0 saturated heterocycles. The van der Waals surface area contributed by atoms with E-state index in [-0.39, 0.29) is 24.1 Å². The van der Waals surface area contributed by atoms with Gasteiger partial charge < -0.3 is 9.47 Å². The average Bonchev–Trinajstić information content (AvgIpc) is 2.37. The lowest BCUT2D eigenvalue weighted by atomic mass is 10.2. The molecular formula is C13H17N5O2. The number of hydrazine groups is 1. The molecule has 0 radical (unpaired) electrons. The van der Waals surface area contributed by atoms with Crippen molar-refractivity contribution in [2.75, 3.05) is 5.43 Å². The van der Waals surface area contributed by atoms with E-state index in [1.54, 1.807) is 0 Å². The number of aromatic nitrogens is 3. The number of ether oxygens (including phenoxy) is 2. The van der Waals surface area contributed by atoms with Gasteiger partial charge in [-0.3, -0.25) is 5.43 Å². The minimum Gasteiger partial charge on any atom is -0.461 e. The van der Waals surface area contributed by atoms with Crippen LogP contribution in [0.3, 0.4) is 0 Å². The number of hydrogen-bond acceptors (Lipinski definition) is 7. The van der Waals surface area contributed by atoms with Crippen LogP contribution >= 0.6 is 0 Å². The van der Waals surface area contributed by atoms with E-state index in [1.807, 2.05) is 45.0 Å². The van der Waals surface area contributed by atoms with Gasteiger partial charge in [-0.05, 0) is 38.5 Å². The smallest absolute Gasteiger partial charge is 0.330 e. The molecule has 0 aliphatic carbocycles. The lowest BCUT2D eigenvalue weighted by Gasteiger charge is -2.10. The second kappa shape index (κ2) is 6.16. The predicted molar refractivity (Wildman–Crippen MR) is 74.7 cm³/mol. The van der Waals surface area contributed by atoms with Gasteiger partial charge in [0, 0.05) is 0 Å². The minimum absolute atomic E-state index is 0.0603. The van der Waals surface area contributed by atoms with Crippen LogP contribution in [0.1, 0.15) is 19.4 Å². The summed E-state index contributed by atoms with van der Waals surface area (Å²) in [6.07, 6.45) is -0.0603. The van der Waals surface area contributed by atoms with E-state index in [2.05, 4.69) is 20.4 Å². The van der Waals surface area contributed by atoms with E-state index in [1.165, 1.54) is 0 Å². The number of nitrogens with one attached hydrogen (secondary N) is 1. The molecule has 2 rings (SSSR count). The molecule has 0 bridgehead atoms. The monoisotopic (exact) mass is 275 g/mol. The molecule has 3 N–H and O–H groups in total. The molecule has 0 spiro atoms. The van der Waals surface area contributed by atoms with E-state index in [9.17, 15) is 0 Å². The Bertz CT molecular complexity index is 589. The Labute approximate surface area is 117 Å². The van der Waals surface area contributed by atoms with Gasteiger partial charge in [0.2, 0.25) is 5.95 Å². The largest absolute Gasteiger partial charge is 0.461 e. The maximum atomic E-state index is 5.59. The Morgan fingerprint density at radius 3 is 2.55 bits per heavy atom. The second-order valence-electron chi connectivity index (χ2n) is 4.45. The molecule has 0 aliphatic rings. The van der Waals surface area contributed by atoms with Crippen LogP contribution in [0, 0.1) is 6.92 Å². The Hall–Kier alpha value is -2.41. The molecule has 0 amide bonds. The third-order valence-electron chi connectivity index (χ3n) is 2.26. The highest BCUT2D eigenvalue weighted by molar-refractivity contribution is 5.31. The minimum atomic E-state index is -0.0603. The highest BCUT2D eigenvalue weighted by Crippen LogP contribution is 2.21. The van der Waals surface area contributed by atoms with Gasteiger partial charge in [-0.1, -0.05) is 12.1 Å². The molecule has 0 saturated carbocycles. The highest BCUT2D eigenvalue weighted by atomic mass is 16.5. The van der Waals surface area contributed by atoms with Crippen LogP contribution in [0.5, 0.6) is 17.8 Å². The summed E-state index contributed by atoms with van der Waals surface area (Å²) in [7, 11) is 0. The van der Waals surface area contributed by atoms with Crippen molar-refractivity contribution < 1.29 is 9.47 Å². The number of nitrogens with two attached hydrogens (primary N) is 1. The van der Waals surface area contributed by atoms with Crippen LogP contribution in [-0.4, -0.2) is 21.1 Å². The van der Waals surface area contributed by atoms with Crippen LogP contribution in [0.25, 0.3) is 0 Å². The summed E-state index contributed by atoms with van der Waals surface area (Å²) in [5, 5.41) is 0. The molecule has 0 atom stereocenters. The topological polar surface area (TPSA) is 95.2 Å². The molecule has 20 heavy (non-hydrogen) atoms. The number of nitrogens with zero attached hydrogens (tertiary/aromatic N) is 3. The Morgan fingerprint density at radius 2 is 1.90 bits per heavy atom. The molecular weight excluding hydrogens is 258 g/mol.